The first-order valence-corrected chi connectivity index (χ1v) is 12.4. The molecule has 1 aromatic carbocycles. The number of primary amides is 1. The number of fused-ring (bicyclic) bond motifs is 2. The Morgan fingerprint density at radius 2 is 2.00 bits per heavy atom. The Labute approximate surface area is 188 Å². The fourth-order valence-corrected chi connectivity index (χ4v) is 4.91. The molecule has 3 heterocycles. The molecule has 2 aromatic rings. The van der Waals surface area contributed by atoms with Crippen LogP contribution in [0.2, 0.25) is 0 Å². The van der Waals surface area contributed by atoms with Crippen LogP contribution in [0.3, 0.4) is 0 Å². The number of benzene rings is 1. The van der Waals surface area contributed by atoms with Crippen LogP contribution in [0, 0.1) is 0 Å². The van der Waals surface area contributed by atoms with Gasteiger partial charge in [0.25, 0.3) is 5.91 Å². The van der Waals surface area contributed by atoms with Crippen LogP contribution in [0.4, 0.5) is 13.2 Å². The molecule has 2 aliphatic rings. The molecule has 1 fully saturated rings. The monoisotopic (exact) mass is 487 g/mol. The van der Waals surface area contributed by atoms with E-state index in [1.54, 1.807) is 6.20 Å². The van der Waals surface area contributed by atoms with Crippen molar-refractivity contribution in [3.05, 3.63) is 46.8 Å². The van der Waals surface area contributed by atoms with Gasteiger partial charge in [-0.3, -0.25) is 14.4 Å². The summed E-state index contributed by atoms with van der Waals surface area (Å²) >= 11 is 0. The number of amides is 1. The van der Waals surface area contributed by atoms with Crippen LogP contribution in [0.15, 0.2) is 24.4 Å². The number of likely N-dealkylation sites (tertiary alicyclic amines) is 1. The lowest BCUT2D eigenvalue weighted by Gasteiger charge is -2.39. The highest BCUT2D eigenvalue weighted by molar-refractivity contribution is 7.90. The van der Waals surface area contributed by atoms with Crippen LogP contribution >= 0.6 is 0 Å². The third kappa shape index (κ3) is 5.04. The summed E-state index contributed by atoms with van der Waals surface area (Å²) in [5, 5.41) is 8.01. The van der Waals surface area contributed by atoms with Crippen LogP contribution in [-0.2, 0) is 44.2 Å². The Bertz CT molecular complexity index is 1160. The van der Waals surface area contributed by atoms with Crippen molar-refractivity contribution in [2.45, 2.75) is 43.8 Å². The van der Waals surface area contributed by atoms with E-state index in [0.717, 1.165) is 18.4 Å². The Morgan fingerprint density at radius 1 is 1.30 bits per heavy atom. The first kappa shape index (κ1) is 23.6. The molecule has 9 nitrogen and oxygen atoms in total. The van der Waals surface area contributed by atoms with E-state index >= 15 is 0 Å². The molecule has 0 bridgehead atoms. The topological polar surface area (TPSA) is 120 Å². The van der Waals surface area contributed by atoms with E-state index in [-0.39, 0.29) is 12.3 Å². The summed E-state index contributed by atoms with van der Waals surface area (Å²) < 4.78 is 70.0. The Morgan fingerprint density at radius 3 is 2.61 bits per heavy atom. The first-order chi connectivity index (χ1) is 15.4. The van der Waals surface area contributed by atoms with Gasteiger partial charge in [-0.15, -0.1) is 5.10 Å². The molecule has 4 rings (SSSR count). The van der Waals surface area contributed by atoms with E-state index in [0.29, 0.717) is 49.3 Å². The van der Waals surface area contributed by atoms with Crippen molar-refractivity contribution in [2.24, 2.45) is 5.73 Å². The van der Waals surface area contributed by atoms with Crippen LogP contribution in [0.1, 0.15) is 41.3 Å². The Kier molecular flexibility index (Phi) is 5.99. The molecular weight excluding hydrogens is 463 g/mol. The van der Waals surface area contributed by atoms with Crippen LogP contribution in [0.5, 0.6) is 0 Å². The molecule has 1 atom stereocenters. The Balaban J connectivity index is 1.47. The largest absolute Gasteiger partial charge is 0.416 e. The van der Waals surface area contributed by atoms with Gasteiger partial charge < -0.3 is 10.5 Å². The molecule has 1 spiro atoms. The standard InChI is InChI=1S/C20H24F3N5O4S/c1-33(30,31)9-8-28-12-14(25-26-28)11-27-6-4-19(5-7-27)16-10-13(20(21,22)23)2-3-15(16)17(32-19)18(24)29/h2-3,10,12,17H,4-9,11H2,1H3,(H2,24,29). The van der Waals surface area contributed by atoms with E-state index in [9.17, 15) is 26.4 Å². The predicted molar refractivity (Wildman–Crippen MR) is 110 cm³/mol. The van der Waals surface area contributed by atoms with E-state index < -0.39 is 39.2 Å². The fraction of sp³-hybridized carbons (Fsp3) is 0.550. The fourth-order valence-electron chi connectivity index (χ4n) is 4.39. The van der Waals surface area contributed by atoms with Crippen molar-refractivity contribution in [1.82, 2.24) is 19.9 Å². The molecule has 2 aliphatic heterocycles. The number of rotatable bonds is 6. The van der Waals surface area contributed by atoms with Gasteiger partial charge in [0.2, 0.25) is 0 Å². The van der Waals surface area contributed by atoms with Crippen LogP contribution in [0.25, 0.3) is 0 Å². The van der Waals surface area contributed by atoms with Crippen molar-refractivity contribution in [3.8, 4) is 0 Å². The second-order valence-electron chi connectivity index (χ2n) is 8.57. The van der Waals surface area contributed by atoms with E-state index in [4.69, 9.17) is 10.5 Å². The van der Waals surface area contributed by atoms with Gasteiger partial charge in [0.15, 0.2) is 6.10 Å². The lowest BCUT2D eigenvalue weighted by molar-refractivity contribution is -0.148. The second-order valence-corrected chi connectivity index (χ2v) is 10.8. The number of hydrogen-bond donors (Lipinski definition) is 1. The number of halogens is 3. The highest BCUT2D eigenvalue weighted by Gasteiger charge is 2.49. The quantitative estimate of drug-likeness (QED) is 0.654. The van der Waals surface area contributed by atoms with Gasteiger partial charge >= 0.3 is 6.18 Å². The molecule has 0 aliphatic carbocycles. The molecule has 1 unspecified atom stereocenters. The normalized spacial score (nSPS) is 20.8. The van der Waals surface area contributed by atoms with Gasteiger partial charge in [-0.2, -0.15) is 13.2 Å². The number of carbonyl (C=O) groups excluding carboxylic acids is 1. The van der Waals surface area contributed by atoms with Gasteiger partial charge in [-0.1, -0.05) is 11.3 Å². The van der Waals surface area contributed by atoms with Gasteiger partial charge in [-0.05, 0) is 36.1 Å². The van der Waals surface area contributed by atoms with E-state index in [2.05, 4.69) is 15.2 Å². The molecule has 13 heteroatoms. The van der Waals surface area contributed by atoms with Crippen LogP contribution < -0.4 is 5.73 Å². The number of alkyl halides is 3. The summed E-state index contributed by atoms with van der Waals surface area (Å²) in [4.78, 5) is 14.0. The highest BCUT2D eigenvalue weighted by Crippen LogP contribution is 2.50. The molecule has 33 heavy (non-hydrogen) atoms. The van der Waals surface area contributed by atoms with Crippen molar-refractivity contribution in [2.75, 3.05) is 25.1 Å². The summed E-state index contributed by atoms with van der Waals surface area (Å²) in [6, 6.07) is 3.30. The minimum absolute atomic E-state index is 0.0419. The van der Waals surface area contributed by atoms with E-state index in [1.165, 1.54) is 10.7 Å². The zero-order valence-electron chi connectivity index (χ0n) is 17.9. The summed E-state index contributed by atoms with van der Waals surface area (Å²) in [7, 11) is -3.12. The minimum Gasteiger partial charge on any atom is -0.367 e. The average Bonchev–Trinajstić information content (AvgIpc) is 3.30. The summed E-state index contributed by atoms with van der Waals surface area (Å²) in [5.74, 6) is -0.777. The zero-order valence-corrected chi connectivity index (χ0v) is 18.7. The smallest absolute Gasteiger partial charge is 0.367 e. The SMILES string of the molecule is CS(=O)(=O)CCn1cc(CN2CCC3(CC2)OC(C(N)=O)c2ccc(C(F)(F)F)cc23)nn1. The summed E-state index contributed by atoms with van der Waals surface area (Å²) in [6.07, 6.45) is -2.00. The van der Waals surface area contributed by atoms with Gasteiger partial charge in [0, 0.05) is 32.1 Å². The van der Waals surface area contributed by atoms with Gasteiger partial charge in [-0.25, -0.2) is 8.42 Å². The molecule has 1 saturated heterocycles. The number of piperidine rings is 1. The van der Waals surface area contributed by atoms with Crippen molar-refractivity contribution in [1.29, 1.82) is 0 Å². The number of sulfone groups is 1. The number of ether oxygens (including phenoxy) is 1. The van der Waals surface area contributed by atoms with E-state index in [1.807, 2.05) is 0 Å². The zero-order chi connectivity index (χ0) is 24.0. The maximum atomic E-state index is 13.3. The molecule has 1 aromatic heterocycles. The minimum atomic E-state index is -4.51. The van der Waals surface area contributed by atoms with Gasteiger partial charge in [0.1, 0.15) is 9.84 Å². The number of nitrogens with two attached hydrogens (primary N) is 1. The second kappa shape index (κ2) is 8.37. The number of hydrogen-bond acceptors (Lipinski definition) is 7. The van der Waals surface area contributed by atoms with Crippen molar-refractivity contribution >= 4 is 15.7 Å². The van der Waals surface area contributed by atoms with Crippen molar-refractivity contribution < 1.29 is 31.1 Å². The number of carbonyl (C=O) groups is 1. The van der Waals surface area contributed by atoms with Crippen molar-refractivity contribution in [3.63, 3.8) is 0 Å². The first-order valence-electron chi connectivity index (χ1n) is 10.3. The maximum absolute atomic E-state index is 13.3. The number of aromatic nitrogens is 3. The molecule has 180 valence electrons. The third-order valence-electron chi connectivity index (χ3n) is 6.08. The molecule has 1 amide bonds. The highest BCUT2D eigenvalue weighted by atomic mass is 32.2. The molecule has 0 radical (unpaired) electrons. The molecule has 2 N–H and O–H groups in total. The average molecular weight is 488 g/mol. The van der Waals surface area contributed by atoms with Crippen LogP contribution in [-0.4, -0.2) is 59.3 Å². The third-order valence-corrected chi connectivity index (χ3v) is 7.01. The predicted octanol–water partition coefficient (Wildman–Crippen LogP) is 1.39. The molecule has 0 saturated carbocycles. The summed E-state index contributed by atoms with van der Waals surface area (Å²) in [6.45, 7) is 1.65. The number of nitrogens with zero attached hydrogens (tertiary/aromatic N) is 4. The summed E-state index contributed by atoms with van der Waals surface area (Å²) in [5.41, 5.74) is 5.06. The lowest BCUT2D eigenvalue weighted by atomic mass is 9.82. The maximum Gasteiger partial charge on any atom is 0.416 e. The Hall–Kier alpha value is -2.51. The number of aryl methyl sites for hydroxylation is 1. The lowest BCUT2D eigenvalue weighted by Crippen LogP contribution is -2.42. The molecular formula is C20H24F3N5O4S. The van der Waals surface area contributed by atoms with Gasteiger partial charge in [0.05, 0.1) is 29.2 Å².